The maximum Gasteiger partial charge on any atom is 0.416 e. The molecule has 25 heavy (non-hydrogen) atoms. The molecule has 3 rings (SSSR count). The third-order valence-electron chi connectivity index (χ3n) is 3.89. The Hall–Kier alpha value is -2.35. The van der Waals surface area contributed by atoms with E-state index < -0.39 is 30.5 Å². The van der Waals surface area contributed by atoms with Crippen LogP contribution in [0.3, 0.4) is 0 Å². The van der Waals surface area contributed by atoms with Crippen molar-refractivity contribution >= 4 is 5.69 Å². The van der Waals surface area contributed by atoms with Gasteiger partial charge in [0.25, 0.3) is 0 Å². The highest BCUT2D eigenvalue weighted by Gasteiger charge is 2.40. The third-order valence-corrected chi connectivity index (χ3v) is 3.89. The second-order valence-electron chi connectivity index (χ2n) is 5.66. The number of rotatable bonds is 3. The van der Waals surface area contributed by atoms with E-state index in [1.54, 1.807) is 12.1 Å². The number of nitrogens with zero attached hydrogens (tertiary/aromatic N) is 1. The number of anilines is 1. The molecule has 1 N–H and O–H groups in total. The van der Waals surface area contributed by atoms with E-state index in [9.17, 15) is 27.1 Å². The van der Waals surface area contributed by atoms with Crippen molar-refractivity contribution in [3.63, 3.8) is 0 Å². The standard InChI is InChI=1S/C17H14F5NO2/c18-11-6-10(7-12(19)8-11)13-2-1-3-14-16(13)25-5-4-23(14)9-15(24)17(20,21)22/h1-3,6-8,15,24H,4-5,9H2/t15-/m0/s1. The van der Waals surface area contributed by atoms with Gasteiger partial charge in [0.15, 0.2) is 11.9 Å². The molecule has 0 radical (unpaired) electrons. The van der Waals surface area contributed by atoms with Gasteiger partial charge in [-0.1, -0.05) is 12.1 Å². The van der Waals surface area contributed by atoms with Crippen molar-refractivity contribution in [2.45, 2.75) is 12.3 Å². The van der Waals surface area contributed by atoms with Crippen LogP contribution in [0.4, 0.5) is 27.6 Å². The van der Waals surface area contributed by atoms with Gasteiger partial charge in [0.1, 0.15) is 18.2 Å². The molecule has 1 aliphatic rings. The van der Waals surface area contributed by atoms with Crippen LogP contribution in [-0.4, -0.2) is 37.1 Å². The summed E-state index contributed by atoms with van der Waals surface area (Å²) < 4.78 is 70.4. The lowest BCUT2D eigenvalue weighted by atomic mass is 10.0. The molecule has 1 heterocycles. The maximum absolute atomic E-state index is 13.5. The Labute approximate surface area is 140 Å². The van der Waals surface area contributed by atoms with Gasteiger partial charge in [-0.05, 0) is 23.8 Å². The summed E-state index contributed by atoms with van der Waals surface area (Å²) in [7, 11) is 0. The number of β-amino-alcohol motifs (C(OH)–C–C–N with tert-alkyl or cyclic N) is 1. The van der Waals surface area contributed by atoms with E-state index in [1.165, 1.54) is 11.0 Å². The van der Waals surface area contributed by atoms with Crippen LogP contribution in [-0.2, 0) is 0 Å². The number of benzene rings is 2. The minimum Gasteiger partial charge on any atom is -0.489 e. The van der Waals surface area contributed by atoms with Crippen molar-refractivity contribution < 1.29 is 31.8 Å². The van der Waals surface area contributed by atoms with Gasteiger partial charge in [0.2, 0.25) is 0 Å². The topological polar surface area (TPSA) is 32.7 Å². The zero-order valence-corrected chi connectivity index (χ0v) is 12.9. The van der Waals surface area contributed by atoms with Gasteiger partial charge < -0.3 is 14.7 Å². The molecule has 0 aliphatic carbocycles. The first-order valence-corrected chi connectivity index (χ1v) is 7.47. The molecule has 0 spiro atoms. The average molecular weight is 359 g/mol. The normalized spacial score (nSPS) is 15.5. The van der Waals surface area contributed by atoms with Crippen molar-refractivity contribution in [1.82, 2.24) is 0 Å². The fourth-order valence-electron chi connectivity index (χ4n) is 2.74. The van der Waals surface area contributed by atoms with E-state index in [4.69, 9.17) is 4.74 Å². The molecule has 1 aliphatic heterocycles. The van der Waals surface area contributed by atoms with E-state index in [0.717, 1.165) is 18.2 Å². The van der Waals surface area contributed by atoms with Gasteiger partial charge in [-0.2, -0.15) is 13.2 Å². The van der Waals surface area contributed by atoms with E-state index >= 15 is 0 Å². The van der Waals surface area contributed by atoms with E-state index in [-0.39, 0.29) is 24.5 Å². The molecular weight excluding hydrogens is 345 g/mol. The van der Waals surface area contributed by atoms with Crippen LogP contribution in [0, 0.1) is 11.6 Å². The SMILES string of the molecule is O[C@@H](CN1CCOc2c(-c3cc(F)cc(F)c3)cccc21)C(F)(F)F. The summed E-state index contributed by atoms with van der Waals surface area (Å²) >= 11 is 0. The zero-order valence-electron chi connectivity index (χ0n) is 12.9. The summed E-state index contributed by atoms with van der Waals surface area (Å²) in [5.41, 5.74) is 0.909. The number of halogens is 5. The summed E-state index contributed by atoms with van der Waals surface area (Å²) in [5.74, 6) is -1.31. The second kappa shape index (κ2) is 6.51. The Morgan fingerprint density at radius 1 is 1.12 bits per heavy atom. The smallest absolute Gasteiger partial charge is 0.416 e. The zero-order chi connectivity index (χ0) is 18.2. The Morgan fingerprint density at radius 2 is 1.80 bits per heavy atom. The van der Waals surface area contributed by atoms with E-state index in [2.05, 4.69) is 0 Å². The molecule has 1 atom stereocenters. The molecular formula is C17H14F5NO2. The number of aliphatic hydroxyl groups excluding tert-OH is 1. The lowest BCUT2D eigenvalue weighted by Gasteiger charge is -2.34. The molecule has 0 unspecified atom stereocenters. The van der Waals surface area contributed by atoms with Crippen molar-refractivity contribution in [1.29, 1.82) is 0 Å². The molecule has 0 saturated heterocycles. The Balaban J connectivity index is 1.99. The summed E-state index contributed by atoms with van der Waals surface area (Å²) in [6, 6.07) is 7.62. The highest BCUT2D eigenvalue weighted by Crippen LogP contribution is 2.41. The van der Waals surface area contributed by atoms with Crippen molar-refractivity contribution in [3.05, 3.63) is 48.0 Å². The lowest BCUT2D eigenvalue weighted by molar-refractivity contribution is -0.200. The highest BCUT2D eigenvalue weighted by molar-refractivity contribution is 5.79. The Kier molecular flexibility index (Phi) is 4.55. The molecule has 0 saturated carbocycles. The van der Waals surface area contributed by atoms with Crippen LogP contribution < -0.4 is 9.64 Å². The van der Waals surface area contributed by atoms with Crippen molar-refractivity contribution in [2.24, 2.45) is 0 Å². The molecule has 0 fully saturated rings. The molecule has 2 aromatic carbocycles. The number of ether oxygens (including phenoxy) is 1. The van der Waals surface area contributed by atoms with Gasteiger partial charge in [-0.25, -0.2) is 8.78 Å². The molecule has 8 heteroatoms. The fourth-order valence-corrected chi connectivity index (χ4v) is 2.74. The van der Waals surface area contributed by atoms with Gasteiger partial charge >= 0.3 is 6.18 Å². The first-order chi connectivity index (χ1) is 11.8. The van der Waals surface area contributed by atoms with Crippen LogP contribution in [0.1, 0.15) is 0 Å². The van der Waals surface area contributed by atoms with Gasteiger partial charge in [-0.15, -0.1) is 0 Å². The number of fused-ring (bicyclic) bond motifs is 1. The van der Waals surface area contributed by atoms with Crippen LogP contribution in [0.5, 0.6) is 5.75 Å². The number of alkyl halides is 3. The third kappa shape index (κ3) is 3.68. The maximum atomic E-state index is 13.5. The molecule has 0 aromatic heterocycles. The summed E-state index contributed by atoms with van der Waals surface area (Å²) in [4.78, 5) is 1.34. The Bertz CT molecular complexity index is 758. The molecule has 2 aromatic rings. The fraction of sp³-hybridized carbons (Fsp3) is 0.294. The summed E-state index contributed by atoms with van der Waals surface area (Å²) in [6.45, 7) is -0.408. The lowest BCUT2D eigenvalue weighted by Crippen LogP contribution is -2.44. The van der Waals surface area contributed by atoms with Crippen molar-refractivity contribution in [2.75, 3.05) is 24.6 Å². The first-order valence-electron chi connectivity index (χ1n) is 7.47. The van der Waals surface area contributed by atoms with Gasteiger partial charge in [0, 0.05) is 11.6 Å². The number of hydrogen-bond acceptors (Lipinski definition) is 3. The van der Waals surface area contributed by atoms with Crippen molar-refractivity contribution in [3.8, 4) is 16.9 Å². The molecule has 134 valence electrons. The number of para-hydroxylation sites is 1. The minimum atomic E-state index is -4.73. The molecule has 3 nitrogen and oxygen atoms in total. The van der Waals surface area contributed by atoms with Gasteiger partial charge in [-0.3, -0.25) is 0 Å². The quantitative estimate of drug-likeness (QED) is 0.848. The highest BCUT2D eigenvalue weighted by atomic mass is 19.4. The van der Waals surface area contributed by atoms with E-state index in [0.29, 0.717) is 11.3 Å². The van der Waals surface area contributed by atoms with Crippen LogP contribution in [0.25, 0.3) is 11.1 Å². The largest absolute Gasteiger partial charge is 0.489 e. The second-order valence-corrected chi connectivity index (χ2v) is 5.66. The predicted molar refractivity (Wildman–Crippen MR) is 81.6 cm³/mol. The minimum absolute atomic E-state index is 0.0897. The average Bonchev–Trinajstić information content (AvgIpc) is 2.52. The molecule has 0 bridgehead atoms. The van der Waals surface area contributed by atoms with Crippen LogP contribution >= 0.6 is 0 Å². The summed E-state index contributed by atoms with van der Waals surface area (Å²) in [5, 5.41) is 9.32. The predicted octanol–water partition coefficient (Wildman–Crippen LogP) is 3.75. The first kappa shape index (κ1) is 17.5. The summed E-state index contributed by atoms with van der Waals surface area (Å²) in [6.07, 6.45) is -7.24. The van der Waals surface area contributed by atoms with Gasteiger partial charge in [0.05, 0.1) is 18.8 Å². The van der Waals surface area contributed by atoms with E-state index in [1.807, 2.05) is 0 Å². The number of hydrogen-bond donors (Lipinski definition) is 1. The monoisotopic (exact) mass is 359 g/mol. The molecule has 0 amide bonds. The Morgan fingerprint density at radius 3 is 2.44 bits per heavy atom. The van der Waals surface area contributed by atoms with Crippen LogP contribution in [0.2, 0.25) is 0 Å². The number of aliphatic hydroxyl groups is 1. The van der Waals surface area contributed by atoms with Crippen LogP contribution in [0.15, 0.2) is 36.4 Å².